The Bertz CT molecular complexity index is 917. The van der Waals surface area contributed by atoms with Crippen LogP contribution in [-0.2, 0) is 24.4 Å². The first kappa shape index (κ1) is 18.9. The predicted molar refractivity (Wildman–Crippen MR) is 101 cm³/mol. The summed E-state index contributed by atoms with van der Waals surface area (Å²) in [5, 5.41) is 12.7. The SMILES string of the molecule is CC(C)(C)OC(=O)N1Cc2cnc(NCc3cc(Cl)cc(C#N)c3)nc2C1. The molecule has 1 aromatic carbocycles. The standard InChI is InChI=1S/C19H20ClN5O2/c1-19(2,3)27-18(26)25-10-14-9-23-17(24-16(14)11-25)22-8-13-4-12(7-21)5-15(20)6-13/h4-6,9H,8,10-11H2,1-3H3,(H,22,23,24). The molecule has 0 aliphatic carbocycles. The minimum Gasteiger partial charge on any atom is -0.444 e. The number of halogens is 1. The lowest BCUT2D eigenvalue weighted by atomic mass is 10.1. The molecule has 2 aromatic rings. The molecule has 0 unspecified atom stereocenters. The fraction of sp³-hybridized carbons (Fsp3) is 0.368. The number of benzene rings is 1. The van der Waals surface area contributed by atoms with E-state index < -0.39 is 5.60 Å². The highest BCUT2D eigenvalue weighted by molar-refractivity contribution is 6.30. The highest BCUT2D eigenvalue weighted by Crippen LogP contribution is 2.24. The molecule has 0 bridgehead atoms. The average Bonchev–Trinajstić information content (AvgIpc) is 3.01. The van der Waals surface area contributed by atoms with Gasteiger partial charge in [0.15, 0.2) is 0 Å². The number of nitriles is 1. The van der Waals surface area contributed by atoms with E-state index in [0.717, 1.165) is 16.8 Å². The summed E-state index contributed by atoms with van der Waals surface area (Å²) < 4.78 is 5.41. The molecule has 0 atom stereocenters. The molecule has 140 valence electrons. The van der Waals surface area contributed by atoms with Crippen molar-refractivity contribution in [2.75, 3.05) is 5.32 Å². The maximum atomic E-state index is 12.2. The lowest BCUT2D eigenvalue weighted by Crippen LogP contribution is -2.33. The molecule has 0 spiro atoms. The summed E-state index contributed by atoms with van der Waals surface area (Å²) in [6.07, 6.45) is 1.35. The van der Waals surface area contributed by atoms with Crippen LogP contribution in [0.25, 0.3) is 0 Å². The first-order valence-corrected chi connectivity index (χ1v) is 8.87. The molecule has 8 heteroatoms. The topological polar surface area (TPSA) is 91.1 Å². The number of ether oxygens (including phenoxy) is 1. The number of nitrogens with one attached hydrogen (secondary N) is 1. The van der Waals surface area contributed by atoms with Gasteiger partial charge in [0.1, 0.15) is 5.60 Å². The molecule has 0 radical (unpaired) electrons. The van der Waals surface area contributed by atoms with E-state index in [1.54, 1.807) is 29.3 Å². The summed E-state index contributed by atoms with van der Waals surface area (Å²) in [5.74, 6) is 0.457. The largest absolute Gasteiger partial charge is 0.444 e. The van der Waals surface area contributed by atoms with Crippen LogP contribution in [0.4, 0.5) is 10.7 Å². The number of amides is 1. The molecule has 1 amide bonds. The molecule has 2 heterocycles. The Morgan fingerprint density at radius 1 is 1.37 bits per heavy atom. The third kappa shape index (κ3) is 4.86. The van der Waals surface area contributed by atoms with E-state index in [9.17, 15) is 4.79 Å². The quantitative estimate of drug-likeness (QED) is 0.862. The van der Waals surface area contributed by atoms with E-state index in [2.05, 4.69) is 21.4 Å². The number of hydrogen-bond acceptors (Lipinski definition) is 6. The number of carbonyl (C=O) groups is 1. The number of rotatable bonds is 3. The Labute approximate surface area is 162 Å². The Morgan fingerprint density at radius 2 is 2.15 bits per heavy atom. The number of nitrogens with zero attached hydrogens (tertiary/aromatic N) is 4. The Kier molecular flexibility index (Phi) is 5.19. The molecule has 0 saturated heterocycles. The van der Waals surface area contributed by atoms with E-state index >= 15 is 0 Å². The first-order valence-electron chi connectivity index (χ1n) is 8.49. The molecule has 0 saturated carbocycles. The van der Waals surface area contributed by atoms with Crippen molar-refractivity contribution in [1.29, 1.82) is 5.26 Å². The monoisotopic (exact) mass is 385 g/mol. The van der Waals surface area contributed by atoms with Crippen LogP contribution >= 0.6 is 11.6 Å². The molecule has 27 heavy (non-hydrogen) atoms. The number of anilines is 1. The maximum absolute atomic E-state index is 12.2. The molecule has 1 aliphatic rings. The highest BCUT2D eigenvalue weighted by atomic mass is 35.5. The van der Waals surface area contributed by atoms with Crippen LogP contribution in [0.5, 0.6) is 0 Å². The van der Waals surface area contributed by atoms with Crippen LogP contribution in [0, 0.1) is 11.3 Å². The molecule has 1 N–H and O–H groups in total. The third-order valence-corrected chi connectivity index (χ3v) is 4.06. The van der Waals surface area contributed by atoms with Crippen LogP contribution in [0.15, 0.2) is 24.4 Å². The minimum absolute atomic E-state index is 0.363. The predicted octanol–water partition coefficient (Wildman–Crippen LogP) is 3.86. The van der Waals surface area contributed by atoms with Crippen LogP contribution in [0.1, 0.15) is 43.2 Å². The molecule has 1 aliphatic heterocycles. The van der Waals surface area contributed by atoms with Gasteiger partial charge in [-0.05, 0) is 44.5 Å². The van der Waals surface area contributed by atoms with Gasteiger partial charge in [0.25, 0.3) is 0 Å². The number of hydrogen-bond donors (Lipinski definition) is 1. The summed E-state index contributed by atoms with van der Waals surface area (Å²) >= 11 is 6.02. The third-order valence-electron chi connectivity index (χ3n) is 3.85. The number of aromatic nitrogens is 2. The maximum Gasteiger partial charge on any atom is 0.410 e. The van der Waals surface area contributed by atoms with Gasteiger partial charge in [-0.15, -0.1) is 0 Å². The minimum atomic E-state index is -0.538. The second-order valence-corrected chi connectivity index (χ2v) is 7.75. The zero-order valence-corrected chi connectivity index (χ0v) is 16.2. The van der Waals surface area contributed by atoms with E-state index in [-0.39, 0.29) is 6.09 Å². The lowest BCUT2D eigenvalue weighted by molar-refractivity contribution is 0.0240. The van der Waals surface area contributed by atoms with Crippen molar-refractivity contribution in [2.45, 2.75) is 46.0 Å². The van der Waals surface area contributed by atoms with Crippen molar-refractivity contribution in [1.82, 2.24) is 14.9 Å². The second-order valence-electron chi connectivity index (χ2n) is 7.32. The molecule has 3 rings (SSSR count). The van der Waals surface area contributed by atoms with Crippen LogP contribution in [0.2, 0.25) is 5.02 Å². The second kappa shape index (κ2) is 7.41. The zero-order chi connectivity index (χ0) is 19.6. The molecule has 7 nitrogen and oxygen atoms in total. The van der Waals surface area contributed by atoms with Crippen molar-refractivity contribution < 1.29 is 9.53 Å². The fourth-order valence-electron chi connectivity index (χ4n) is 2.69. The Balaban J connectivity index is 1.65. The van der Waals surface area contributed by atoms with Crippen LogP contribution < -0.4 is 5.32 Å². The summed E-state index contributed by atoms with van der Waals surface area (Å²) in [5.41, 5.74) is 2.52. The normalized spacial score (nSPS) is 13.1. The molecule has 1 aromatic heterocycles. The van der Waals surface area contributed by atoms with E-state index in [1.807, 2.05) is 20.8 Å². The van der Waals surface area contributed by atoms with Crippen LogP contribution in [-0.4, -0.2) is 26.6 Å². The average molecular weight is 386 g/mol. The van der Waals surface area contributed by atoms with Crippen LogP contribution in [0.3, 0.4) is 0 Å². The van der Waals surface area contributed by atoms with Crippen molar-refractivity contribution in [3.63, 3.8) is 0 Å². The first-order chi connectivity index (χ1) is 12.7. The van der Waals surface area contributed by atoms with Gasteiger partial charge in [-0.25, -0.2) is 14.8 Å². The van der Waals surface area contributed by atoms with Gasteiger partial charge in [-0.3, -0.25) is 4.90 Å². The summed E-state index contributed by atoms with van der Waals surface area (Å²) in [7, 11) is 0. The van der Waals surface area contributed by atoms with Gasteiger partial charge in [0.05, 0.1) is 30.4 Å². The molecular formula is C19H20ClN5O2. The van der Waals surface area contributed by atoms with E-state index in [0.29, 0.717) is 36.2 Å². The number of carbonyl (C=O) groups excluding carboxylic acids is 1. The summed E-state index contributed by atoms with van der Waals surface area (Å²) in [6.45, 7) is 6.77. The van der Waals surface area contributed by atoms with Gasteiger partial charge in [0, 0.05) is 23.3 Å². The Hall–Kier alpha value is -2.85. The van der Waals surface area contributed by atoms with Gasteiger partial charge >= 0.3 is 6.09 Å². The lowest BCUT2D eigenvalue weighted by Gasteiger charge is -2.23. The van der Waals surface area contributed by atoms with Crippen molar-refractivity contribution in [3.05, 3.63) is 51.8 Å². The molecular weight excluding hydrogens is 366 g/mol. The Morgan fingerprint density at radius 3 is 2.85 bits per heavy atom. The summed E-state index contributed by atoms with van der Waals surface area (Å²) in [4.78, 5) is 22.6. The van der Waals surface area contributed by atoms with Gasteiger partial charge in [0.2, 0.25) is 5.95 Å². The summed E-state index contributed by atoms with van der Waals surface area (Å²) in [6, 6.07) is 7.24. The fourth-order valence-corrected chi connectivity index (χ4v) is 2.95. The van der Waals surface area contributed by atoms with Gasteiger partial charge in [-0.1, -0.05) is 11.6 Å². The van der Waals surface area contributed by atoms with E-state index in [4.69, 9.17) is 21.6 Å². The van der Waals surface area contributed by atoms with Crippen molar-refractivity contribution >= 4 is 23.6 Å². The highest BCUT2D eigenvalue weighted by Gasteiger charge is 2.29. The van der Waals surface area contributed by atoms with E-state index in [1.165, 1.54) is 0 Å². The number of fused-ring (bicyclic) bond motifs is 1. The van der Waals surface area contributed by atoms with Gasteiger partial charge < -0.3 is 10.1 Å². The molecule has 0 fully saturated rings. The van der Waals surface area contributed by atoms with Crippen molar-refractivity contribution in [3.8, 4) is 6.07 Å². The van der Waals surface area contributed by atoms with Gasteiger partial charge in [-0.2, -0.15) is 5.26 Å². The van der Waals surface area contributed by atoms with Crippen molar-refractivity contribution in [2.24, 2.45) is 0 Å². The zero-order valence-electron chi connectivity index (χ0n) is 15.4. The smallest absolute Gasteiger partial charge is 0.410 e.